The third-order valence-corrected chi connectivity index (χ3v) is 4.51. The summed E-state index contributed by atoms with van der Waals surface area (Å²) < 4.78 is 5.51. The van der Waals surface area contributed by atoms with Gasteiger partial charge in [0.1, 0.15) is 0 Å². The number of urea groups is 1. The van der Waals surface area contributed by atoms with Gasteiger partial charge in [-0.05, 0) is 44.7 Å². The van der Waals surface area contributed by atoms with Crippen LogP contribution < -0.4 is 5.32 Å². The predicted molar refractivity (Wildman–Crippen MR) is 84.4 cm³/mol. The maximum atomic E-state index is 12.4. The van der Waals surface area contributed by atoms with Crippen molar-refractivity contribution in [2.75, 3.05) is 46.4 Å². The van der Waals surface area contributed by atoms with Crippen LogP contribution in [0.1, 0.15) is 33.1 Å². The summed E-state index contributed by atoms with van der Waals surface area (Å²) in [5.41, 5.74) is 0. The molecule has 2 saturated heterocycles. The van der Waals surface area contributed by atoms with E-state index in [0.717, 1.165) is 39.1 Å². The third-order valence-electron chi connectivity index (χ3n) is 4.51. The molecule has 1 N–H and O–H groups in total. The second kappa shape index (κ2) is 7.99. The number of amides is 2. The average molecular weight is 297 g/mol. The molecule has 2 amide bonds. The molecule has 2 rings (SSSR count). The van der Waals surface area contributed by atoms with Crippen LogP contribution in [0.5, 0.6) is 0 Å². The normalized spacial score (nSPS) is 26.8. The monoisotopic (exact) mass is 297 g/mol. The summed E-state index contributed by atoms with van der Waals surface area (Å²) in [6.07, 6.45) is 3.50. The number of carbonyl (C=O) groups is 1. The number of nitrogens with one attached hydrogen (secondary N) is 1. The van der Waals surface area contributed by atoms with Gasteiger partial charge in [-0.1, -0.05) is 13.8 Å². The topological polar surface area (TPSA) is 44.8 Å². The Morgan fingerprint density at radius 1 is 1.33 bits per heavy atom. The highest BCUT2D eigenvalue weighted by Crippen LogP contribution is 2.29. The molecule has 2 atom stereocenters. The van der Waals surface area contributed by atoms with E-state index in [2.05, 4.69) is 36.0 Å². The van der Waals surface area contributed by atoms with Gasteiger partial charge in [0.25, 0.3) is 0 Å². The van der Waals surface area contributed by atoms with Gasteiger partial charge >= 0.3 is 6.03 Å². The van der Waals surface area contributed by atoms with Crippen LogP contribution in [-0.2, 0) is 4.74 Å². The molecule has 21 heavy (non-hydrogen) atoms. The fourth-order valence-corrected chi connectivity index (χ4v) is 3.49. The maximum Gasteiger partial charge on any atom is 0.317 e. The van der Waals surface area contributed by atoms with Gasteiger partial charge in [-0.15, -0.1) is 0 Å². The predicted octanol–water partition coefficient (Wildman–Crippen LogP) is 1.78. The van der Waals surface area contributed by atoms with Crippen LogP contribution in [0.2, 0.25) is 0 Å². The number of rotatable bonds is 5. The Balaban J connectivity index is 1.73. The molecule has 2 heterocycles. The second-order valence-corrected chi connectivity index (χ2v) is 6.91. The number of nitrogens with zero attached hydrogens (tertiary/aromatic N) is 2. The lowest BCUT2D eigenvalue weighted by atomic mass is 9.84. The van der Waals surface area contributed by atoms with Gasteiger partial charge < -0.3 is 19.9 Å². The van der Waals surface area contributed by atoms with E-state index in [-0.39, 0.29) is 6.03 Å². The van der Waals surface area contributed by atoms with Gasteiger partial charge in [-0.2, -0.15) is 0 Å². The summed E-state index contributed by atoms with van der Waals surface area (Å²) in [4.78, 5) is 16.8. The average Bonchev–Trinajstić information content (AvgIpc) is 2.45. The summed E-state index contributed by atoms with van der Waals surface area (Å²) in [6, 6.07) is 0.536. The fourth-order valence-electron chi connectivity index (χ4n) is 3.49. The van der Waals surface area contributed by atoms with Crippen molar-refractivity contribution >= 4 is 6.03 Å². The van der Waals surface area contributed by atoms with Crippen molar-refractivity contribution in [2.24, 2.45) is 11.8 Å². The lowest BCUT2D eigenvalue weighted by Gasteiger charge is -2.46. The van der Waals surface area contributed by atoms with Gasteiger partial charge in [0.05, 0.1) is 6.61 Å². The van der Waals surface area contributed by atoms with Crippen LogP contribution >= 0.6 is 0 Å². The van der Waals surface area contributed by atoms with E-state index in [0.29, 0.717) is 31.0 Å². The summed E-state index contributed by atoms with van der Waals surface area (Å²) in [6.45, 7) is 9.38. The Bertz CT molecular complexity index is 335. The van der Waals surface area contributed by atoms with E-state index in [1.165, 1.54) is 6.42 Å². The van der Waals surface area contributed by atoms with Crippen molar-refractivity contribution in [3.63, 3.8) is 0 Å². The first-order valence-electron chi connectivity index (χ1n) is 8.38. The van der Waals surface area contributed by atoms with E-state index in [4.69, 9.17) is 4.74 Å². The van der Waals surface area contributed by atoms with Crippen LogP contribution in [0.15, 0.2) is 0 Å². The number of fused-ring (bicyclic) bond motifs is 1. The highest BCUT2D eigenvalue weighted by atomic mass is 16.5. The Kier molecular flexibility index (Phi) is 6.30. The zero-order chi connectivity index (χ0) is 15.2. The van der Waals surface area contributed by atoms with E-state index >= 15 is 0 Å². The molecule has 0 aliphatic carbocycles. The Morgan fingerprint density at radius 2 is 2.14 bits per heavy atom. The highest BCUT2D eigenvalue weighted by molar-refractivity contribution is 5.74. The number of ether oxygens (including phenoxy) is 1. The first-order valence-corrected chi connectivity index (χ1v) is 8.38. The first kappa shape index (κ1) is 16.6. The molecular weight excluding hydrogens is 266 g/mol. The Hall–Kier alpha value is -0.810. The van der Waals surface area contributed by atoms with E-state index < -0.39 is 0 Å². The molecule has 0 bridgehead atoms. The SMILES string of the molecule is CC(C)COCCNC(=O)N1CCC[C@@H]2CN(C)CC[C@@H]21. The molecule has 0 aromatic carbocycles. The number of hydrogen-bond donors (Lipinski definition) is 1. The van der Waals surface area contributed by atoms with Gasteiger partial charge in [-0.25, -0.2) is 4.79 Å². The smallest absolute Gasteiger partial charge is 0.317 e. The zero-order valence-corrected chi connectivity index (χ0v) is 13.8. The molecular formula is C16H31N3O2. The van der Waals surface area contributed by atoms with Crippen LogP contribution in [0.4, 0.5) is 4.79 Å². The summed E-state index contributed by atoms with van der Waals surface area (Å²) in [5.74, 6) is 1.20. The minimum Gasteiger partial charge on any atom is -0.379 e. The first-order chi connectivity index (χ1) is 10.1. The molecule has 0 saturated carbocycles. The highest BCUT2D eigenvalue weighted by Gasteiger charge is 2.37. The van der Waals surface area contributed by atoms with Crippen LogP contribution in [0.25, 0.3) is 0 Å². The standard InChI is InChI=1S/C16H31N3O2/c1-13(2)12-21-10-7-17-16(20)19-8-4-5-14-11-18(3)9-6-15(14)19/h13-15H,4-12H2,1-3H3,(H,17,20)/t14-,15+/m1/s1. The molecule has 0 unspecified atom stereocenters. The lowest BCUT2D eigenvalue weighted by molar-refractivity contribution is 0.0517. The number of likely N-dealkylation sites (tertiary alicyclic amines) is 2. The molecule has 2 fully saturated rings. The minimum atomic E-state index is 0.0994. The molecule has 5 nitrogen and oxygen atoms in total. The third kappa shape index (κ3) is 4.85. The van der Waals surface area contributed by atoms with Gasteiger partial charge in [0, 0.05) is 32.3 Å². The lowest BCUT2D eigenvalue weighted by Crippen LogP contribution is -2.57. The minimum absolute atomic E-state index is 0.0994. The molecule has 0 radical (unpaired) electrons. The van der Waals surface area contributed by atoms with Crippen LogP contribution in [-0.4, -0.2) is 68.3 Å². The van der Waals surface area contributed by atoms with E-state index in [1.807, 2.05) is 0 Å². The molecule has 0 spiro atoms. The van der Waals surface area contributed by atoms with Crippen molar-refractivity contribution in [1.82, 2.24) is 15.1 Å². The quantitative estimate of drug-likeness (QED) is 0.787. The second-order valence-electron chi connectivity index (χ2n) is 6.91. The van der Waals surface area contributed by atoms with Crippen LogP contribution in [0.3, 0.4) is 0 Å². The summed E-state index contributed by atoms with van der Waals surface area (Å²) in [5, 5.41) is 3.02. The Labute approximate surface area is 129 Å². The summed E-state index contributed by atoms with van der Waals surface area (Å²) >= 11 is 0. The molecule has 122 valence electrons. The fraction of sp³-hybridized carbons (Fsp3) is 0.938. The number of piperidine rings is 2. The van der Waals surface area contributed by atoms with Gasteiger partial charge in [0.2, 0.25) is 0 Å². The van der Waals surface area contributed by atoms with Gasteiger partial charge in [0.15, 0.2) is 0 Å². The molecule has 0 aromatic rings. The molecule has 0 aromatic heterocycles. The van der Waals surface area contributed by atoms with E-state index in [1.54, 1.807) is 0 Å². The van der Waals surface area contributed by atoms with Crippen molar-refractivity contribution in [1.29, 1.82) is 0 Å². The van der Waals surface area contributed by atoms with E-state index in [9.17, 15) is 4.79 Å². The van der Waals surface area contributed by atoms with Gasteiger partial charge in [-0.3, -0.25) is 0 Å². The van der Waals surface area contributed by atoms with Crippen molar-refractivity contribution in [3.8, 4) is 0 Å². The summed E-state index contributed by atoms with van der Waals surface area (Å²) in [7, 11) is 2.18. The maximum absolute atomic E-state index is 12.4. The van der Waals surface area contributed by atoms with Crippen molar-refractivity contribution < 1.29 is 9.53 Å². The van der Waals surface area contributed by atoms with Crippen molar-refractivity contribution in [2.45, 2.75) is 39.2 Å². The molecule has 2 aliphatic heterocycles. The molecule has 2 aliphatic rings. The van der Waals surface area contributed by atoms with Crippen molar-refractivity contribution in [3.05, 3.63) is 0 Å². The molecule has 5 heteroatoms. The largest absolute Gasteiger partial charge is 0.379 e. The number of carbonyl (C=O) groups excluding carboxylic acids is 1. The number of hydrogen-bond acceptors (Lipinski definition) is 3. The Morgan fingerprint density at radius 3 is 2.90 bits per heavy atom. The zero-order valence-electron chi connectivity index (χ0n) is 13.8. The van der Waals surface area contributed by atoms with Crippen LogP contribution in [0, 0.1) is 11.8 Å².